The summed E-state index contributed by atoms with van der Waals surface area (Å²) < 4.78 is 0. The molecule has 0 heterocycles. The van der Waals surface area contributed by atoms with Crippen molar-refractivity contribution in [3.63, 3.8) is 0 Å². The van der Waals surface area contributed by atoms with Gasteiger partial charge in [-0.2, -0.15) is 23.5 Å². The first kappa shape index (κ1) is 25.8. The highest BCUT2D eigenvalue weighted by atomic mass is 32.2. The molecule has 1 N–H and O–H groups in total. The lowest BCUT2D eigenvalue weighted by Gasteiger charge is -2.26. The van der Waals surface area contributed by atoms with Crippen molar-refractivity contribution in [1.82, 2.24) is 0 Å². The maximum absolute atomic E-state index is 8.36. The van der Waals surface area contributed by atoms with Crippen LogP contribution in [0.1, 0.15) is 43.7 Å². The second kappa shape index (κ2) is 15.6. The van der Waals surface area contributed by atoms with E-state index in [2.05, 4.69) is 67.6 Å². The normalized spacial score (nSPS) is 11.9. The summed E-state index contributed by atoms with van der Waals surface area (Å²) in [6, 6.07) is 21.4. The minimum atomic E-state index is -0.525. The lowest BCUT2D eigenvalue weighted by atomic mass is 9.51. The molecule has 2 rings (SSSR count). The molecule has 0 aliphatic heterocycles. The fourth-order valence-electron chi connectivity index (χ4n) is 2.68. The molecule has 0 aliphatic carbocycles. The van der Waals surface area contributed by atoms with Crippen molar-refractivity contribution in [2.45, 2.75) is 54.6 Å². The van der Waals surface area contributed by atoms with Gasteiger partial charge >= 0.3 is 0 Å². The molecule has 0 fully saturated rings. The van der Waals surface area contributed by atoms with Gasteiger partial charge in [0.2, 0.25) is 0 Å². The van der Waals surface area contributed by atoms with E-state index in [-0.39, 0.29) is 6.47 Å². The summed E-state index contributed by atoms with van der Waals surface area (Å²) in [6.07, 6.45) is 4.00. The van der Waals surface area contributed by atoms with Crippen molar-refractivity contribution in [3.05, 3.63) is 71.8 Å². The number of benzene rings is 2. The highest BCUT2D eigenvalue weighted by Crippen LogP contribution is 2.33. The third-order valence-electron chi connectivity index (χ3n) is 4.61. The summed E-state index contributed by atoms with van der Waals surface area (Å²) in [5.74, 6) is 3.32. The van der Waals surface area contributed by atoms with Crippen LogP contribution in [0.3, 0.4) is 0 Å². The van der Waals surface area contributed by atoms with E-state index >= 15 is 0 Å². The van der Waals surface area contributed by atoms with Crippen LogP contribution in [0.25, 0.3) is 0 Å². The van der Waals surface area contributed by atoms with Crippen LogP contribution in [-0.4, -0.2) is 38.3 Å². The number of hydrogen-bond acceptors (Lipinski definition) is 3. The first-order valence-corrected chi connectivity index (χ1v) is 12.1. The standard InChI is InChI=1S/C22H28B2S2.CH2O2/c1-2-22(23,24)15-13-21(26-18-20-11-7-4-8-12-20)14-16-25-17-19-9-5-3-6-10-19;2-1-3/h3-12,21H,2,13-18H2,1H3;1H,(H,2,3). The molecule has 1 unspecified atom stereocenters. The lowest BCUT2D eigenvalue weighted by Crippen LogP contribution is -2.15. The SMILES string of the molecule is O=CO.[B]C([B])(CC)CCC(CCSCc1ccccc1)SCc1ccccc1. The van der Waals surface area contributed by atoms with Crippen LogP contribution in [0, 0.1) is 0 Å². The van der Waals surface area contributed by atoms with Gasteiger partial charge in [-0.05, 0) is 29.7 Å². The van der Waals surface area contributed by atoms with Crippen LogP contribution in [0.2, 0.25) is 5.21 Å². The zero-order chi connectivity index (χ0) is 21.4. The first-order chi connectivity index (χ1) is 14.0. The van der Waals surface area contributed by atoms with Crippen LogP contribution in [0.15, 0.2) is 60.7 Å². The summed E-state index contributed by atoms with van der Waals surface area (Å²) in [5.41, 5.74) is 2.79. The summed E-state index contributed by atoms with van der Waals surface area (Å²) in [5, 5.41) is 6.97. The van der Waals surface area contributed by atoms with Crippen LogP contribution in [0.4, 0.5) is 0 Å². The Hall–Kier alpha value is -1.26. The quantitative estimate of drug-likeness (QED) is 0.259. The minimum absolute atomic E-state index is 0.250. The summed E-state index contributed by atoms with van der Waals surface area (Å²) in [7, 11) is 12.3. The van der Waals surface area contributed by atoms with Gasteiger partial charge in [-0.3, -0.25) is 4.79 Å². The van der Waals surface area contributed by atoms with E-state index in [0.717, 1.165) is 30.8 Å². The van der Waals surface area contributed by atoms with Gasteiger partial charge in [-0.25, -0.2) is 0 Å². The Morgan fingerprint density at radius 1 is 0.966 bits per heavy atom. The summed E-state index contributed by atoms with van der Waals surface area (Å²) in [4.78, 5) is 8.36. The lowest BCUT2D eigenvalue weighted by molar-refractivity contribution is -0.122. The fourth-order valence-corrected chi connectivity index (χ4v) is 5.05. The van der Waals surface area contributed by atoms with E-state index in [0.29, 0.717) is 5.25 Å². The average Bonchev–Trinajstić information content (AvgIpc) is 2.74. The Balaban J connectivity index is 0.00000132. The van der Waals surface area contributed by atoms with Crippen molar-refractivity contribution < 1.29 is 9.90 Å². The molecule has 4 radical (unpaired) electrons. The van der Waals surface area contributed by atoms with Crippen LogP contribution >= 0.6 is 23.5 Å². The summed E-state index contributed by atoms with van der Waals surface area (Å²) in [6.45, 7) is 1.82. The predicted octanol–water partition coefficient (Wildman–Crippen LogP) is 5.96. The predicted molar refractivity (Wildman–Crippen MR) is 131 cm³/mol. The van der Waals surface area contributed by atoms with Gasteiger partial charge in [0.05, 0.1) is 15.7 Å². The molecule has 1 atom stereocenters. The molecule has 0 amide bonds. The third kappa shape index (κ3) is 12.8. The van der Waals surface area contributed by atoms with Crippen molar-refractivity contribution in [2.75, 3.05) is 5.75 Å². The molecule has 0 saturated heterocycles. The Kier molecular flexibility index (Phi) is 13.8. The molecule has 0 bridgehead atoms. The van der Waals surface area contributed by atoms with Gasteiger partial charge in [-0.1, -0.05) is 85.6 Å². The van der Waals surface area contributed by atoms with Crippen molar-refractivity contribution in [2.24, 2.45) is 0 Å². The molecule has 0 aromatic heterocycles. The molecular formula is C23H30B2O2S2. The molecule has 0 spiro atoms. The van der Waals surface area contributed by atoms with Gasteiger partial charge < -0.3 is 5.11 Å². The maximum Gasteiger partial charge on any atom is 0.290 e. The zero-order valence-electron chi connectivity index (χ0n) is 17.2. The average molecular weight is 424 g/mol. The fraction of sp³-hybridized carbons (Fsp3) is 0.435. The first-order valence-electron chi connectivity index (χ1n) is 9.93. The Morgan fingerprint density at radius 2 is 1.48 bits per heavy atom. The Bertz CT molecular complexity index is 654. The largest absolute Gasteiger partial charge is 0.483 e. The number of carboxylic acid groups (broad SMARTS) is 1. The molecular weight excluding hydrogens is 394 g/mol. The van der Waals surface area contributed by atoms with E-state index < -0.39 is 5.21 Å². The van der Waals surface area contributed by atoms with Gasteiger partial charge in [0.25, 0.3) is 6.47 Å². The molecule has 2 aromatic rings. The minimum Gasteiger partial charge on any atom is -0.483 e. The van der Waals surface area contributed by atoms with Crippen molar-refractivity contribution in [3.8, 4) is 0 Å². The number of hydrogen-bond donors (Lipinski definition) is 1. The molecule has 2 aromatic carbocycles. The van der Waals surface area contributed by atoms with Crippen LogP contribution in [-0.2, 0) is 16.3 Å². The van der Waals surface area contributed by atoms with Crippen LogP contribution < -0.4 is 0 Å². The Labute approximate surface area is 187 Å². The topological polar surface area (TPSA) is 37.3 Å². The zero-order valence-corrected chi connectivity index (χ0v) is 18.8. The second-order valence-corrected chi connectivity index (χ2v) is 9.37. The highest BCUT2D eigenvalue weighted by molar-refractivity contribution is 7.99. The van der Waals surface area contributed by atoms with Gasteiger partial charge in [0, 0.05) is 16.8 Å². The molecule has 0 saturated carbocycles. The van der Waals surface area contributed by atoms with E-state index in [9.17, 15) is 0 Å². The smallest absolute Gasteiger partial charge is 0.290 e. The second-order valence-electron chi connectivity index (χ2n) is 6.98. The maximum atomic E-state index is 8.36. The van der Waals surface area contributed by atoms with E-state index in [4.69, 9.17) is 25.6 Å². The van der Waals surface area contributed by atoms with E-state index in [1.807, 2.05) is 23.5 Å². The molecule has 2 nitrogen and oxygen atoms in total. The van der Waals surface area contributed by atoms with Gasteiger partial charge in [-0.15, -0.1) is 0 Å². The molecule has 6 heteroatoms. The molecule has 152 valence electrons. The Morgan fingerprint density at radius 3 is 2.00 bits per heavy atom. The van der Waals surface area contributed by atoms with Crippen molar-refractivity contribution >= 4 is 45.7 Å². The summed E-state index contributed by atoms with van der Waals surface area (Å²) >= 11 is 4.07. The third-order valence-corrected chi connectivity index (χ3v) is 7.12. The van der Waals surface area contributed by atoms with Gasteiger partial charge in [0.15, 0.2) is 0 Å². The number of rotatable bonds is 12. The molecule has 29 heavy (non-hydrogen) atoms. The highest BCUT2D eigenvalue weighted by Gasteiger charge is 2.18. The number of carbonyl (C=O) groups is 1. The van der Waals surface area contributed by atoms with E-state index in [1.54, 1.807) is 0 Å². The molecule has 0 aliphatic rings. The van der Waals surface area contributed by atoms with Gasteiger partial charge in [0.1, 0.15) is 0 Å². The van der Waals surface area contributed by atoms with Crippen LogP contribution in [0.5, 0.6) is 0 Å². The monoisotopic (exact) mass is 424 g/mol. The number of thioether (sulfide) groups is 2. The van der Waals surface area contributed by atoms with Crippen molar-refractivity contribution in [1.29, 1.82) is 0 Å². The van der Waals surface area contributed by atoms with E-state index in [1.165, 1.54) is 23.3 Å².